The molecule has 0 aliphatic heterocycles. The van der Waals surface area contributed by atoms with Gasteiger partial charge in [-0.2, -0.15) is 0 Å². The zero-order chi connectivity index (χ0) is 10.2. The number of H-pyrrole nitrogens is 1. The lowest BCUT2D eigenvalue weighted by Crippen LogP contribution is -1.85. The highest BCUT2D eigenvalue weighted by Gasteiger charge is 1.97. The van der Waals surface area contributed by atoms with Crippen molar-refractivity contribution >= 4 is 16.8 Å². The summed E-state index contributed by atoms with van der Waals surface area (Å²) >= 11 is 5.07. The summed E-state index contributed by atoms with van der Waals surface area (Å²) in [7, 11) is 0. The summed E-state index contributed by atoms with van der Waals surface area (Å²) in [6.45, 7) is 0. The van der Waals surface area contributed by atoms with E-state index in [0.717, 1.165) is 0 Å². The predicted octanol–water partition coefficient (Wildman–Crippen LogP) is 2.48. The lowest BCUT2D eigenvalue weighted by molar-refractivity contribution is 0.107. The van der Waals surface area contributed by atoms with Gasteiger partial charge in [-0.3, -0.25) is 9.78 Å². The van der Waals surface area contributed by atoms with E-state index in [2.05, 4.69) is 9.97 Å². The van der Waals surface area contributed by atoms with Crippen molar-refractivity contribution < 1.29 is 4.79 Å². The van der Waals surface area contributed by atoms with Crippen LogP contribution in [0.2, 0.25) is 0 Å². The number of pyridine rings is 1. The topological polar surface area (TPSA) is 45.8 Å². The molecule has 0 aliphatic rings. The highest BCUT2D eigenvalue weighted by atomic mass is 35.5. The van der Waals surface area contributed by atoms with Crippen LogP contribution in [0.15, 0.2) is 48.9 Å². The molecule has 0 bridgehead atoms. The van der Waals surface area contributed by atoms with Crippen molar-refractivity contribution in [3.63, 3.8) is 0 Å². The SMILES string of the molecule is O=C(Cl)c1ccc[nH]1.c1ccncc1. The maximum Gasteiger partial charge on any atom is 0.268 e. The quantitative estimate of drug-likeness (QED) is 0.732. The van der Waals surface area contributed by atoms with Crippen LogP contribution in [-0.4, -0.2) is 15.2 Å². The molecular formula is C10H9ClN2O. The zero-order valence-corrected chi connectivity index (χ0v) is 8.11. The van der Waals surface area contributed by atoms with Gasteiger partial charge in [0, 0.05) is 18.6 Å². The largest absolute Gasteiger partial charge is 0.358 e. The standard InChI is InChI=1S/C5H4ClNO.C5H5N/c6-5(8)4-2-1-3-7-4;1-2-4-6-5-3-1/h1-3,7H;1-5H. The number of aromatic amines is 1. The maximum atomic E-state index is 10.2. The molecule has 0 fully saturated rings. The minimum atomic E-state index is -0.449. The number of rotatable bonds is 1. The minimum Gasteiger partial charge on any atom is -0.358 e. The molecular weight excluding hydrogens is 200 g/mol. The van der Waals surface area contributed by atoms with Gasteiger partial charge in [0.15, 0.2) is 0 Å². The molecule has 0 spiro atoms. The summed E-state index contributed by atoms with van der Waals surface area (Å²) < 4.78 is 0. The summed E-state index contributed by atoms with van der Waals surface area (Å²) in [6, 6.07) is 9.05. The lowest BCUT2D eigenvalue weighted by Gasteiger charge is -1.79. The fraction of sp³-hybridized carbons (Fsp3) is 0. The van der Waals surface area contributed by atoms with Gasteiger partial charge in [-0.15, -0.1) is 0 Å². The van der Waals surface area contributed by atoms with E-state index in [1.807, 2.05) is 18.2 Å². The van der Waals surface area contributed by atoms with Crippen molar-refractivity contribution in [3.05, 3.63) is 54.6 Å². The van der Waals surface area contributed by atoms with E-state index < -0.39 is 5.24 Å². The van der Waals surface area contributed by atoms with Gasteiger partial charge >= 0.3 is 0 Å². The molecule has 2 heterocycles. The number of nitrogens with one attached hydrogen (secondary N) is 1. The number of carbonyl (C=O) groups excluding carboxylic acids is 1. The third-order valence-corrected chi connectivity index (χ3v) is 1.58. The summed E-state index contributed by atoms with van der Waals surface area (Å²) in [5.41, 5.74) is 0.437. The molecule has 0 unspecified atom stereocenters. The molecule has 2 rings (SSSR count). The molecule has 4 heteroatoms. The van der Waals surface area contributed by atoms with E-state index >= 15 is 0 Å². The molecule has 0 amide bonds. The van der Waals surface area contributed by atoms with Crippen molar-refractivity contribution in [1.29, 1.82) is 0 Å². The first-order chi connectivity index (χ1) is 6.80. The molecule has 2 aromatic rings. The fourth-order valence-corrected chi connectivity index (χ4v) is 0.883. The molecule has 0 aromatic carbocycles. The van der Waals surface area contributed by atoms with E-state index in [0.29, 0.717) is 5.69 Å². The van der Waals surface area contributed by atoms with Crippen LogP contribution in [0.4, 0.5) is 0 Å². The van der Waals surface area contributed by atoms with Gasteiger partial charge in [0.2, 0.25) is 0 Å². The third kappa shape index (κ3) is 3.87. The van der Waals surface area contributed by atoms with Gasteiger partial charge in [0.05, 0.1) is 5.69 Å². The first kappa shape index (κ1) is 10.5. The molecule has 14 heavy (non-hydrogen) atoms. The van der Waals surface area contributed by atoms with Crippen molar-refractivity contribution in [3.8, 4) is 0 Å². The Bertz CT molecular complexity index is 332. The van der Waals surface area contributed by atoms with Gasteiger partial charge < -0.3 is 4.98 Å². The second kappa shape index (κ2) is 5.94. The van der Waals surface area contributed by atoms with Gasteiger partial charge in [0.25, 0.3) is 5.24 Å². The summed E-state index contributed by atoms with van der Waals surface area (Å²) in [6.07, 6.45) is 5.15. The molecule has 0 saturated carbocycles. The average molecular weight is 209 g/mol. The molecule has 0 radical (unpaired) electrons. The predicted molar refractivity (Wildman–Crippen MR) is 55.2 cm³/mol. The van der Waals surface area contributed by atoms with E-state index in [-0.39, 0.29) is 0 Å². The van der Waals surface area contributed by atoms with Crippen molar-refractivity contribution in [2.75, 3.05) is 0 Å². The number of hydrogen-bond donors (Lipinski definition) is 1. The van der Waals surface area contributed by atoms with Crippen molar-refractivity contribution in [1.82, 2.24) is 9.97 Å². The van der Waals surface area contributed by atoms with Crippen LogP contribution >= 0.6 is 11.6 Å². The van der Waals surface area contributed by atoms with Crippen LogP contribution in [0, 0.1) is 0 Å². The van der Waals surface area contributed by atoms with Gasteiger partial charge in [0.1, 0.15) is 0 Å². The second-order valence-electron chi connectivity index (χ2n) is 2.38. The molecule has 72 valence electrons. The normalized spacial score (nSPS) is 8.64. The highest BCUT2D eigenvalue weighted by Crippen LogP contribution is 1.97. The summed E-state index contributed by atoms with van der Waals surface area (Å²) in [5, 5.41) is -0.449. The first-order valence-electron chi connectivity index (χ1n) is 3.99. The number of aromatic nitrogens is 2. The van der Waals surface area contributed by atoms with Crippen LogP contribution in [-0.2, 0) is 0 Å². The Morgan fingerprint density at radius 1 is 1.21 bits per heavy atom. The van der Waals surface area contributed by atoms with E-state index in [1.165, 1.54) is 0 Å². The minimum absolute atomic E-state index is 0.437. The van der Waals surface area contributed by atoms with E-state index in [1.54, 1.807) is 30.7 Å². The maximum absolute atomic E-state index is 10.2. The zero-order valence-electron chi connectivity index (χ0n) is 7.35. The third-order valence-electron chi connectivity index (χ3n) is 1.38. The Morgan fingerprint density at radius 2 is 1.93 bits per heavy atom. The second-order valence-corrected chi connectivity index (χ2v) is 2.73. The highest BCUT2D eigenvalue weighted by molar-refractivity contribution is 6.67. The molecule has 2 aromatic heterocycles. The van der Waals surface area contributed by atoms with Gasteiger partial charge in [-0.25, -0.2) is 0 Å². The molecule has 1 N–H and O–H groups in total. The smallest absolute Gasteiger partial charge is 0.268 e. The van der Waals surface area contributed by atoms with Crippen molar-refractivity contribution in [2.24, 2.45) is 0 Å². The molecule has 0 atom stereocenters. The molecule has 3 nitrogen and oxygen atoms in total. The van der Waals surface area contributed by atoms with Crippen LogP contribution < -0.4 is 0 Å². The Labute approximate surface area is 86.8 Å². The lowest BCUT2D eigenvalue weighted by atomic mass is 10.5. The molecule has 0 saturated heterocycles. The van der Waals surface area contributed by atoms with Gasteiger partial charge in [-0.1, -0.05) is 6.07 Å². The Balaban J connectivity index is 0.000000146. The van der Waals surface area contributed by atoms with Gasteiger partial charge in [-0.05, 0) is 35.9 Å². The van der Waals surface area contributed by atoms with Crippen LogP contribution in [0.5, 0.6) is 0 Å². The number of carbonyl (C=O) groups is 1. The summed E-state index contributed by atoms with van der Waals surface area (Å²) in [5.74, 6) is 0. The fourth-order valence-electron chi connectivity index (χ4n) is 0.765. The first-order valence-corrected chi connectivity index (χ1v) is 4.36. The van der Waals surface area contributed by atoms with Crippen molar-refractivity contribution in [2.45, 2.75) is 0 Å². The van der Waals surface area contributed by atoms with Crippen LogP contribution in [0.25, 0.3) is 0 Å². The van der Waals surface area contributed by atoms with E-state index in [4.69, 9.17) is 11.6 Å². The number of halogens is 1. The van der Waals surface area contributed by atoms with E-state index in [9.17, 15) is 4.79 Å². The number of nitrogens with zero attached hydrogens (tertiary/aromatic N) is 1. The Kier molecular flexibility index (Phi) is 4.44. The average Bonchev–Trinajstić information content (AvgIpc) is 2.74. The Hall–Kier alpha value is -1.61. The Morgan fingerprint density at radius 3 is 2.14 bits per heavy atom. The number of hydrogen-bond acceptors (Lipinski definition) is 2. The van der Waals surface area contributed by atoms with Crippen LogP contribution in [0.1, 0.15) is 10.5 Å². The molecule has 0 aliphatic carbocycles. The summed E-state index contributed by atoms with van der Waals surface area (Å²) in [4.78, 5) is 16.7. The van der Waals surface area contributed by atoms with Crippen LogP contribution in [0.3, 0.4) is 0 Å². The monoisotopic (exact) mass is 208 g/mol.